The molecule has 0 bridgehead atoms. The molecule has 1 aromatic carbocycles. The summed E-state index contributed by atoms with van der Waals surface area (Å²) < 4.78 is 5.30. The Kier molecular flexibility index (Phi) is 6.28. The van der Waals surface area contributed by atoms with E-state index < -0.39 is 6.10 Å². The van der Waals surface area contributed by atoms with Gasteiger partial charge in [-0.1, -0.05) is 25.3 Å². The summed E-state index contributed by atoms with van der Waals surface area (Å²) in [6, 6.07) is 5.18. The Labute approximate surface area is 164 Å². The molecule has 1 unspecified atom stereocenters. The lowest BCUT2D eigenvalue weighted by Crippen LogP contribution is -2.46. The molecule has 2 aromatic rings. The van der Waals surface area contributed by atoms with Gasteiger partial charge in [0.2, 0.25) is 0 Å². The molecule has 1 atom stereocenters. The zero-order chi connectivity index (χ0) is 20.1. The van der Waals surface area contributed by atoms with E-state index >= 15 is 0 Å². The number of fused-ring (bicyclic) bond motifs is 1. The molecule has 2 heterocycles. The van der Waals surface area contributed by atoms with Crippen LogP contribution in [0.4, 0.5) is 0 Å². The highest BCUT2D eigenvalue weighted by molar-refractivity contribution is 5.83. The van der Waals surface area contributed by atoms with Crippen LogP contribution in [-0.4, -0.2) is 64.7 Å². The summed E-state index contributed by atoms with van der Waals surface area (Å²) in [4.78, 5) is 23.9. The first-order chi connectivity index (χ1) is 13.6. The molecule has 1 aliphatic heterocycles. The summed E-state index contributed by atoms with van der Waals surface area (Å²) in [6.45, 7) is 11.2. The lowest BCUT2D eigenvalue weighted by Gasteiger charge is -2.37. The number of allylic oxidation sites excluding steroid dienone is 3. The number of piperazine rings is 1. The zero-order valence-electron chi connectivity index (χ0n) is 16.1. The molecule has 0 spiro atoms. The number of benzene rings is 1. The molecule has 7 heteroatoms. The molecule has 0 aliphatic carbocycles. The molecule has 0 radical (unpaired) electrons. The van der Waals surface area contributed by atoms with E-state index in [1.165, 1.54) is 7.11 Å². The highest BCUT2D eigenvalue weighted by atomic mass is 16.5. The molecular formula is C21H26N4O3. The number of H-pyrrole nitrogens is 1. The molecule has 7 nitrogen and oxygen atoms in total. The average molecular weight is 382 g/mol. The van der Waals surface area contributed by atoms with E-state index in [-0.39, 0.29) is 11.4 Å². The number of aromatic amines is 1. The third-order valence-electron chi connectivity index (χ3n) is 4.92. The van der Waals surface area contributed by atoms with Crippen LogP contribution in [0.3, 0.4) is 0 Å². The molecule has 1 fully saturated rings. The van der Waals surface area contributed by atoms with Crippen LogP contribution < -0.4 is 10.3 Å². The Morgan fingerprint density at radius 2 is 2.11 bits per heavy atom. The molecule has 28 heavy (non-hydrogen) atoms. The van der Waals surface area contributed by atoms with Gasteiger partial charge in [-0.25, -0.2) is 4.98 Å². The number of aliphatic hydroxyl groups excluding tert-OH is 1. The largest absolute Gasteiger partial charge is 0.494 e. The van der Waals surface area contributed by atoms with Crippen molar-refractivity contribution in [1.82, 2.24) is 19.8 Å². The molecule has 0 amide bonds. The van der Waals surface area contributed by atoms with Gasteiger partial charge in [0.05, 0.1) is 12.5 Å². The number of nitrogens with one attached hydrogen (secondary N) is 1. The molecule has 3 rings (SSSR count). The van der Waals surface area contributed by atoms with Crippen molar-refractivity contribution in [3.8, 4) is 5.75 Å². The molecule has 0 saturated carbocycles. The lowest BCUT2D eigenvalue weighted by molar-refractivity contribution is 0.0786. The molecule has 1 aliphatic rings. The maximum atomic E-state index is 12.4. The van der Waals surface area contributed by atoms with Gasteiger partial charge in [-0.15, -0.1) is 0 Å². The number of hydrogen-bond donors (Lipinski definition) is 2. The van der Waals surface area contributed by atoms with E-state index in [2.05, 4.69) is 32.9 Å². The number of para-hydroxylation sites is 1. The smallest absolute Gasteiger partial charge is 0.258 e. The quantitative estimate of drug-likeness (QED) is 0.711. The first-order valence-corrected chi connectivity index (χ1v) is 9.24. The monoisotopic (exact) mass is 382 g/mol. The second-order valence-electron chi connectivity index (χ2n) is 6.64. The van der Waals surface area contributed by atoms with Crippen LogP contribution in [0.2, 0.25) is 0 Å². The van der Waals surface area contributed by atoms with Crippen molar-refractivity contribution in [2.24, 2.45) is 0 Å². The van der Waals surface area contributed by atoms with Crippen molar-refractivity contribution >= 4 is 10.9 Å². The molecular weight excluding hydrogens is 356 g/mol. The van der Waals surface area contributed by atoms with Gasteiger partial charge in [-0.05, 0) is 24.3 Å². The average Bonchev–Trinajstić information content (AvgIpc) is 2.72. The number of aliphatic hydroxyl groups is 1. The fourth-order valence-corrected chi connectivity index (χ4v) is 3.42. The number of methoxy groups -OCH3 is 1. The molecule has 1 aromatic heterocycles. The minimum absolute atomic E-state index is 0.253. The summed E-state index contributed by atoms with van der Waals surface area (Å²) in [6.07, 6.45) is 4.62. The first-order valence-electron chi connectivity index (χ1n) is 9.24. The maximum absolute atomic E-state index is 12.4. The van der Waals surface area contributed by atoms with Crippen LogP contribution in [0.15, 0.2) is 60.1 Å². The first kappa shape index (κ1) is 19.9. The Bertz CT molecular complexity index is 942. The second kappa shape index (κ2) is 8.86. The number of β-amino-alcohol motifs (C(OH)–C–C–N with tert-alkyl or cyclic N) is 1. The number of aromatic nitrogens is 2. The normalized spacial score (nSPS) is 16.8. The Balaban J connectivity index is 1.71. The summed E-state index contributed by atoms with van der Waals surface area (Å²) in [5.74, 6) is 0.763. The van der Waals surface area contributed by atoms with E-state index in [9.17, 15) is 9.90 Å². The van der Waals surface area contributed by atoms with Crippen molar-refractivity contribution < 1.29 is 9.84 Å². The van der Waals surface area contributed by atoms with Crippen molar-refractivity contribution in [2.75, 3.05) is 39.8 Å². The minimum atomic E-state index is -0.892. The number of nitrogens with zero attached hydrogens (tertiary/aromatic N) is 3. The van der Waals surface area contributed by atoms with Crippen LogP contribution in [-0.2, 0) is 0 Å². The SMILES string of the molecule is C=C/C=C(\C=C)N1CCN(CC(O)c2nc3c(OC)cccc3c(=O)[nH]2)CC1. The van der Waals surface area contributed by atoms with E-state index in [0.29, 0.717) is 23.2 Å². The van der Waals surface area contributed by atoms with Crippen molar-refractivity contribution in [2.45, 2.75) is 6.10 Å². The zero-order valence-corrected chi connectivity index (χ0v) is 16.1. The standard InChI is InChI=1S/C21H26N4O3/c1-4-7-15(5-2)25-12-10-24(11-13-25)14-17(26)20-22-19-16(21(27)23-20)8-6-9-18(19)28-3/h4-9,17,26H,1-2,10-14H2,3H3,(H,22,23,27)/b15-7+. The van der Waals surface area contributed by atoms with Crippen LogP contribution in [0.5, 0.6) is 5.75 Å². The van der Waals surface area contributed by atoms with Crippen molar-refractivity contribution in [3.63, 3.8) is 0 Å². The maximum Gasteiger partial charge on any atom is 0.258 e. The van der Waals surface area contributed by atoms with Gasteiger partial charge in [0.25, 0.3) is 5.56 Å². The van der Waals surface area contributed by atoms with E-state index in [0.717, 1.165) is 31.9 Å². The molecule has 2 N–H and O–H groups in total. The summed E-state index contributed by atoms with van der Waals surface area (Å²) in [5.41, 5.74) is 1.22. The van der Waals surface area contributed by atoms with Gasteiger partial charge < -0.3 is 19.7 Å². The van der Waals surface area contributed by atoms with Crippen LogP contribution in [0.1, 0.15) is 11.9 Å². The predicted octanol–water partition coefficient (Wildman–Crippen LogP) is 1.84. The predicted molar refractivity (Wildman–Crippen MR) is 110 cm³/mol. The fraction of sp³-hybridized carbons (Fsp3) is 0.333. The third-order valence-corrected chi connectivity index (χ3v) is 4.92. The number of hydrogen-bond acceptors (Lipinski definition) is 6. The van der Waals surface area contributed by atoms with Gasteiger partial charge >= 0.3 is 0 Å². The highest BCUT2D eigenvalue weighted by Gasteiger charge is 2.22. The van der Waals surface area contributed by atoms with Crippen molar-refractivity contribution in [1.29, 1.82) is 0 Å². The molecule has 1 saturated heterocycles. The summed E-state index contributed by atoms with van der Waals surface area (Å²) >= 11 is 0. The van der Waals surface area contributed by atoms with Gasteiger partial charge in [0, 0.05) is 38.4 Å². The second-order valence-corrected chi connectivity index (χ2v) is 6.64. The van der Waals surface area contributed by atoms with Crippen LogP contribution >= 0.6 is 0 Å². The van der Waals surface area contributed by atoms with Gasteiger partial charge in [-0.3, -0.25) is 9.69 Å². The van der Waals surface area contributed by atoms with E-state index in [1.807, 2.05) is 12.2 Å². The van der Waals surface area contributed by atoms with E-state index in [4.69, 9.17) is 4.74 Å². The Hall–Kier alpha value is -2.90. The number of ether oxygens (including phenoxy) is 1. The van der Waals surface area contributed by atoms with Gasteiger partial charge in [0.15, 0.2) is 0 Å². The lowest BCUT2D eigenvalue weighted by atomic mass is 10.2. The van der Waals surface area contributed by atoms with Gasteiger partial charge in [0.1, 0.15) is 23.2 Å². The van der Waals surface area contributed by atoms with E-state index in [1.54, 1.807) is 24.3 Å². The number of rotatable bonds is 7. The summed E-state index contributed by atoms with van der Waals surface area (Å²) in [5, 5.41) is 11.1. The highest BCUT2D eigenvalue weighted by Crippen LogP contribution is 2.22. The third kappa shape index (κ3) is 4.16. The summed E-state index contributed by atoms with van der Waals surface area (Å²) in [7, 11) is 1.53. The van der Waals surface area contributed by atoms with Crippen LogP contribution in [0, 0.1) is 0 Å². The topological polar surface area (TPSA) is 81.7 Å². The van der Waals surface area contributed by atoms with Crippen molar-refractivity contribution in [3.05, 3.63) is 71.5 Å². The fourth-order valence-electron chi connectivity index (χ4n) is 3.42. The molecule has 148 valence electrons. The minimum Gasteiger partial charge on any atom is -0.494 e. The van der Waals surface area contributed by atoms with Crippen LogP contribution in [0.25, 0.3) is 10.9 Å². The van der Waals surface area contributed by atoms with Gasteiger partial charge in [-0.2, -0.15) is 0 Å². The Morgan fingerprint density at radius 1 is 1.36 bits per heavy atom. The Morgan fingerprint density at radius 3 is 2.75 bits per heavy atom.